The van der Waals surface area contributed by atoms with E-state index in [0.717, 1.165) is 5.69 Å². The molecule has 0 saturated carbocycles. The van der Waals surface area contributed by atoms with E-state index < -0.39 is 5.92 Å². The molecule has 3 nitrogen and oxygen atoms in total. The number of benzene rings is 1. The number of carbonyl (C=O) groups is 2. The Bertz CT molecular complexity index is 418. The van der Waals surface area contributed by atoms with Crippen LogP contribution < -0.4 is 4.84 Å². The third kappa shape index (κ3) is 1.78. The number of ketones is 2. The summed E-state index contributed by atoms with van der Waals surface area (Å²) in [4.78, 5) is 25.2. The van der Waals surface area contributed by atoms with Gasteiger partial charge in [-0.1, -0.05) is 12.1 Å². The van der Waals surface area contributed by atoms with Gasteiger partial charge in [0.1, 0.15) is 5.92 Å². The molecule has 1 aromatic carbocycles. The lowest BCUT2D eigenvalue weighted by atomic mass is 9.95. The van der Waals surface area contributed by atoms with Crippen LogP contribution in [0, 0.1) is 0 Å². The van der Waals surface area contributed by atoms with Gasteiger partial charge in [0.2, 0.25) is 0 Å². The Kier molecular flexibility index (Phi) is 2.56. The van der Waals surface area contributed by atoms with Crippen LogP contribution in [0.15, 0.2) is 36.4 Å². The molecule has 1 N–H and O–H groups in total. The molecular weight excluding hydrogens is 214 g/mol. The van der Waals surface area contributed by atoms with Gasteiger partial charge in [0.05, 0.1) is 0 Å². The summed E-state index contributed by atoms with van der Waals surface area (Å²) in [6, 6.07) is 6.89. The van der Waals surface area contributed by atoms with Crippen molar-refractivity contribution in [3.8, 4) is 0 Å². The van der Waals surface area contributed by atoms with Crippen molar-refractivity contribution >= 4 is 29.0 Å². The van der Waals surface area contributed by atoms with E-state index in [0.29, 0.717) is 5.56 Å². The Morgan fingerprint density at radius 3 is 2.00 bits per heavy atom. The zero-order chi connectivity index (χ0) is 10.8. The van der Waals surface area contributed by atoms with Crippen LogP contribution in [0.2, 0.25) is 0 Å². The molecule has 0 atom stereocenters. The molecular formula is C11H8ClNO2. The van der Waals surface area contributed by atoms with E-state index in [2.05, 4.69) is 4.84 Å². The highest BCUT2D eigenvalue weighted by atomic mass is 35.5. The minimum atomic E-state index is -0.658. The van der Waals surface area contributed by atoms with Crippen molar-refractivity contribution < 1.29 is 9.59 Å². The summed E-state index contributed by atoms with van der Waals surface area (Å²) in [7, 11) is 0. The van der Waals surface area contributed by atoms with Gasteiger partial charge in [0, 0.05) is 17.5 Å². The zero-order valence-electron chi connectivity index (χ0n) is 7.74. The monoisotopic (exact) mass is 221 g/mol. The van der Waals surface area contributed by atoms with Crippen LogP contribution in [0.1, 0.15) is 11.5 Å². The van der Waals surface area contributed by atoms with Gasteiger partial charge in [-0.3, -0.25) is 14.4 Å². The maximum atomic E-state index is 11.4. The van der Waals surface area contributed by atoms with Crippen LogP contribution in [0.3, 0.4) is 0 Å². The van der Waals surface area contributed by atoms with Crippen LogP contribution in [-0.2, 0) is 9.59 Å². The third-order valence-electron chi connectivity index (χ3n) is 2.33. The molecule has 0 bridgehead atoms. The largest absolute Gasteiger partial charge is 0.299 e. The fourth-order valence-corrected chi connectivity index (χ4v) is 1.69. The van der Waals surface area contributed by atoms with E-state index in [1.807, 2.05) is 0 Å². The number of carbonyl (C=O) groups excluding carboxylic acids is 2. The van der Waals surface area contributed by atoms with Crippen LogP contribution in [-0.4, -0.2) is 11.6 Å². The number of hydrogen-bond donors (Lipinski definition) is 1. The van der Waals surface area contributed by atoms with Gasteiger partial charge in [-0.15, -0.1) is 0 Å². The van der Waals surface area contributed by atoms with Gasteiger partial charge in [-0.2, -0.15) is 0 Å². The lowest BCUT2D eigenvalue weighted by molar-refractivity contribution is -0.122. The van der Waals surface area contributed by atoms with Gasteiger partial charge >= 0.3 is 0 Å². The average Bonchev–Trinajstić information content (AvgIpc) is 2.59. The molecule has 0 radical (unpaired) electrons. The van der Waals surface area contributed by atoms with Crippen LogP contribution >= 0.6 is 11.8 Å². The van der Waals surface area contributed by atoms with Crippen molar-refractivity contribution in [2.45, 2.75) is 5.92 Å². The molecule has 0 fully saturated rings. The molecule has 15 heavy (non-hydrogen) atoms. The van der Waals surface area contributed by atoms with Gasteiger partial charge in [-0.05, 0) is 29.8 Å². The molecule has 0 heterocycles. The van der Waals surface area contributed by atoms with E-state index >= 15 is 0 Å². The Morgan fingerprint density at radius 2 is 1.53 bits per heavy atom. The van der Waals surface area contributed by atoms with Crippen molar-refractivity contribution in [3.63, 3.8) is 0 Å². The molecule has 1 aliphatic rings. The highest BCUT2D eigenvalue weighted by molar-refractivity contribution is 6.24. The SMILES string of the molecule is O=C1C=CC(=O)C1c1ccc(NCl)cc1. The number of hydrogen-bond acceptors (Lipinski definition) is 3. The molecule has 0 unspecified atom stereocenters. The van der Waals surface area contributed by atoms with E-state index in [1.165, 1.54) is 12.2 Å². The fraction of sp³-hybridized carbons (Fsp3) is 0.0909. The number of anilines is 1. The summed E-state index contributed by atoms with van der Waals surface area (Å²) in [6.07, 6.45) is 2.64. The fourth-order valence-electron chi connectivity index (χ4n) is 1.56. The van der Waals surface area contributed by atoms with Gasteiger partial charge in [-0.25, -0.2) is 0 Å². The molecule has 0 spiro atoms. The highest BCUT2D eigenvalue weighted by Crippen LogP contribution is 2.24. The Balaban J connectivity index is 2.30. The standard InChI is InChI=1S/C11H8ClNO2/c12-13-8-3-1-7(2-4-8)11-9(14)5-6-10(11)15/h1-6,11,13H. The number of nitrogens with one attached hydrogen (secondary N) is 1. The molecule has 0 aromatic heterocycles. The first-order chi connectivity index (χ1) is 7.22. The second kappa shape index (κ2) is 3.87. The normalized spacial score (nSPS) is 16.1. The van der Waals surface area contributed by atoms with Crippen molar-refractivity contribution in [1.29, 1.82) is 0 Å². The zero-order valence-corrected chi connectivity index (χ0v) is 8.49. The van der Waals surface area contributed by atoms with Crippen molar-refractivity contribution in [2.75, 3.05) is 4.84 Å². The molecule has 1 aromatic rings. The van der Waals surface area contributed by atoms with Crippen molar-refractivity contribution in [1.82, 2.24) is 0 Å². The van der Waals surface area contributed by atoms with Crippen molar-refractivity contribution in [2.24, 2.45) is 0 Å². The van der Waals surface area contributed by atoms with E-state index in [1.54, 1.807) is 24.3 Å². The number of allylic oxidation sites excluding steroid dienone is 2. The number of rotatable bonds is 2. The lowest BCUT2D eigenvalue weighted by Gasteiger charge is -2.07. The van der Waals surface area contributed by atoms with E-state index in [-0.39, 0.29) is 11.6 Å². The first-order valence-electron chi connectivity index (χ1n) is 4.45. The second-order valence-electron chi connectivity index (χ2n) is 3.29. The third-order valence-corrected chi connectivity index (χ3v) is 2.55. The quantitative estimate of drug-likeness (QED) is 0.614. The van der Waals surface area contributed by atoms with E-state index in [4.69, 9.17) is 11.8 Å². The molecule has 0 aliphatic heterocycles. The summed E-state index contributed by atoms with van der Waals surface area (Å²) in [6.45, 7) is 0. The maximum Gasteiger partial charge on any atom is 0.171 e. The molecule has 0 saturated heterocycles. The predicted octanol–water partition coefficient (Wildman–Crippen LogP) is 2.04. The van der Waals surface area contributed by atoms with Crippen molar-refractivity contribution in [3.05, 3.63) is 42.0 Å². The topological polar surface area (TPSA) is 46.2 Å². The average molecular weight is 222 g/mol. The Morgan fingerprint density at radius 1 is 1.00 bits per heavy atom. The Hall–Kier alpha value is -1.61. The molecule has 0 amide bonds. The molecule has 76 valence electrons. The summed E-state index contributed by atoms with van der Waals surface area (Å²) in [5.74, 6) is -0.979. The minimum Gasteiger partial charge on any atom is -0.299 e. The lowest BCUT2D eigenvalue weighted by Crippen LogP contribution is -2.12. The summed E-state index contributed by atoms with van der Waals surface area (Å²) < 4.78 is 0. The predicted molar refractivity (Wildman–Crippen MR) is 57.8 cm³/mol. The maximum absolute atomic E-state index is 11.4. The van der Waals surface area contributed by atoms with Crippen LogP contribution in [0.25, 0.3) is 0 Å². The smallest absolute Gasteiger partial charge is 0.171 e. The first-order valence-corrected chi connectivity index (χ1v) is 4.82. The van der Waals surface area contributed by atoms with Crippen LogP contribution in [0.5, 0.6) is 0 Å². The van der Waals surface area contributed by atoms with E-state index in [9.17, 15) is 9.59 Å². The van der Waals surface area contributed by atoms with Crippen LogP contribution in [0.4, 0.5) is 5.69 Å². The van der Waals surface area contributed by atoms with Gasteiger partial charge in [0.25, 0.3) is 0 Å². The molecule has 4 heteroatoms. The van der Waals surface area contributed by atoms with Gasteiger partial charge in [0.15, 0.2) is 11.6 Å². The minimum absolute atomic E-state index is 0.161. The number of halogens is 1. The summed E-state index contributed by atoms with van der Waals surface area (Å²) in [5.41, 5.74) is 1.43. The summed E-state index contributed by atoms with van der Waals surface area (Å²) in [5, 5.41) is 0. The molecule has 1 aliphatic carbocycles. The Labute approximate surface area is 91.8 Å². The second-order valence-corrected chi connectivity index (χ2v) is 3.48. The van der Waals surface area contributed by atoms with Gasteiger partial charge < -0.3 is 0 Å². The summed E-state index contributed by atoms with van der Waals surface area (Å²) >= 11 is 5.40. The highest BCUT2D eigenvalue weighted by Gasteiger charge is 2.29. The molecule has 2 rings (SSSR count). The first kappa shape index (κ1) is 9.93.